The Morgan fingerprint density at radius 2 is 2.05 bits per heavy atom. The Bertz CT molecular complexity index is 377. The van der Waals surface area contributed by atoms with Crippen molar-refractivity contribution in [1.29, 1.82) is 0 Å². The molecule has 0 unspecified atom stereocenters. The smallest absolute Gasteiger partial charge is 0.100 e. The zero-order chi connectivity index (χ0) is 15.3. The highest BCUT2D eigenvalue weighted by molar-refractivity contribution is 5.18. The first kappa shape index (κ1) is 15.8. The van der Waals surface area contributed by atoms with Crippen molar-refractivity contribution < 1.29 is 14.2 Å². The standard InChI is InChI=1S/C18H32O3/c1-6-13-9-14(19-5)16(18(10-13)11-20-18)17(4)15(21-17)8-7-12(2)3/h12-16H,6-11H2,1-5H3/t13-,14+,15-,16-,17+,18+/m1/s1. The van der Waals surface area contributed by atoms with Crippen LogP contribution >= 0.6 is 0 Å². The third-order valence-electron chi connectivity index (χ3n) is 6.14. The van der Waals surface area contributed by atoms with Crippen LogP contribution in [0.5, 0.6) is 0 Å². The van der Waals surface area contributed by atoms with Gasteiger partial charge in [-0.25, -0.2) is 0 Å². The fourth-order valence-electron chi connectivity index (χ4n) is 4.70. The predicted octanol–water partition coefficient (Wildman–Crippen LogP) is 3.80. The zero-order valence-electron chi connectivity index (χ0n) is 14.4. The molecule has 2 aliphatic heterocycles. The number of ether oxygens (including phenoxy) is 3. The Labute approximate surface area is 129 Å². The van der Waals surface area contributed by atoms with Gasteiger partial charge < -0.3 is 14.2 Å². The Hall–Kier alpha value is -0.120. The third kappa shape index (κ3) is 2.77. The molecule has 1 spiro atoms. The lowest BCUT2D eigenvalue weighted by Crippen LogP contribution is -2.51. The molecule has 0 N–H and O–H groups in total. The fraction of sp³-hybridized carbons (Fsp3) is 1.00. The lowest BCUT2D eigenvalue weighted by molar-refractivity contribution is -0.0670. The van der Waals surface area contributed by atoms with Crippen LogP contribution in [-0.2, 0) is 14.2 Å². The van der Waals surface area contributed by atoms with E-state index in [1.54, 1.807) is 0 Å². The van der Waals surface area contributed by atoms with Crippen molar-refractivity contribution in [2.24, 2.45) is 17.8 Å². The van der Waals surface area contributed by atoms with Gasteiger partial charge in [0.25, 0.3) is 0 Å². The molecule has 0 amide bonds. The number of methoxy groups -OCH3 is 1. The number of hydrogen-bond donors (Lipinski definition) is 0. The largest absolute Gasteiger partial charge is 0.381 e. The molecule has 0 radical (unpaired) electrons. The summed E-state index contributed by atoms with van der Waals surface area (Å²) in [4.78, 5) is 0. The second-order valence-corrected chi connectivity index (χ2v) is 8.08. The first-order chi connectivity index (χ1) is 9.95. The van der Waals surface area contributed by atoms with Crippen LogP contribution in [0.3, 0.4) is 0 Å². The molecular formula is C18H32O3. The van der Waals surface area contributed by atoms with Crippen LogP contribution in [0, 0.1) is 17.8 Å². The Kier molecular flexibility index (Phi) is 4.13. The van der Waals surface area contributed by atoms with Gasteiger partial charge in [-0.3, -0.25) is 0 Å². The summed E-state index contributed by atoms with van der Waals surface area (Å²) >= 11 is 0. The van der Waals surface area contributed by atoms with Gasteiger partial charge in [-0.1, -0.05) is 27.2 Å². The summed E-state index contributed by atoms with van der Waals surface area (Å²) in [7, 11) is 1.86. The van der Waals surface area contributed by atoms with E-state index in [1.807, 2.05) is 7.11 Å². The lowest BCUT2D eigenvalue weighted by atomic mass is 9.65. The molecule has 0 aromatic carbocycles. The van der Waals surface area contributed by atoms with E-state index in [1.165, 1.54) is 32.1 Å². The minimum absolute atomic E-state index is 0.0230. The normalized spacial score (nSPS) is 48.9. The minimum Gasteiger partial charge on any atom is -0.381 e. The average molecular weight is 296 g/mol. The molecule has 3 fully saturated rings. The van der Waals surface area contributed by atoms with Crippen molar-refractivity contribution in [2.45, 2.75) is 83.2 Å². The van der Waals surface area contributed by atoms with E-state index >= 15 is 0 Å². The van der Waals surface area contributed by atoms with Gasteiger partial charge in [-0.05, 0) is 44.4 Å². The first-order valence-electron chi connectivity index (χ1n) is 8.79. The lowest BCUT2D eigenvalue weighted by Gasteiger charge is -2.42. The molecule has 3 rings (SSSR count). The van der Waals surface area contributed by atoms with E-state index in [4.69, 9.17) is 14.2 Å². The van der Waals surface area contributed by atoms with Crippen molar-refractivity contribution in [1.82, 2.24) is 0 Å². The maximum absolute atomic E-state index is 6.21. The third-order valence-corrected chi connectivity index (χ3v) is 6.14. The van der Waals surface area contributed by atoms with Gasteiger partial charge in [0.15, 0.2) is 0 Å². The predicted molar refractivity (Wildman–Crippen MR) is 83.3 cm³/mol. The van der Waals surface area contributed by atoms with Crippen molar-refractivity contribution in [3.05, 3.63) is 0 Å². The zero-order valence-corrected chi connectivity index (χ0v) is 14.4. The van der Waals surface area contributed by atoms with Crippen LogP contribution in [0.1, 0.15) is 59.8 Å². The first-order valence-corrected chi connectivity index (χ1v) is 8.79. The van der Waals surface area contributed by atoms with E-state index in [2.05, 4.69) is 27.7 Å². The molecule has 21 heavy (non-hydrogen) atoms. The summed E-state index contributed by atoms with van der Waals surface area (Å²) < 4.78 is 18.1. The molecule has 0 bridgehead atoms. The minimum atomic E-state index is -0.0230. The van der Waals surface area contributed by atoms with Gasteiger partial charge in [-0.15, -0.1) is 0 Å². The summed E-state index contributed by atoms with van der Waals surface area (Å²) in [5.41, 5.74) is 0.0334. The van der Waals surface area contributed by atoms with E-state index in [-0.39, 0.29) is 11.2 Å². The van der Waals surface area contributed by atoms with Crippen molar-refractivity contribution in [2.75, 3.05) is 13.7 Å². The molecule has 3 nitrogen and oxygen atoms in total. The van der Waals surface area contributed by atoms with E-state index in [0.717, 1.165) is 18.4 Å². The monoisotopic (exact) mass is 296 g/mol. The second-order valence-electron chi connectivity index (χ2n) is 8.08. The summed E-state index contributed by atoms with van der Waals surface area (Å²) in [6, 6.07) is 0. The molecule has 122 valence electrons. The fourth-order valence-corrected chi connectivity index (χ4v) is 4.70. The average Bonchev–Trinajstić information content (AvgIpc) is 3.35. The summed E-state index contributed by atoms with van der Waals surface area (Å²) in [5.74, 6) is 1.90. The summed E-state index contributed by atoms with van der Waals surface area (Å²) in [6.07, 6.45) is 6.71. The molecular weight excluding hydrogens is 264 g/mol. The van der Waals surface area contributed by atoms with Crippen LogP contribution in [0.2, 0.25) is 0 Å². The van der Waals surface area contributed by atoms with Gasteiger partial charge in [0.1, 0.15) is 5.60 Å². The highest BCUT2D eigenvalue weighted by Crippen LogP contribution is 2.60. The number of hydrogen-bond acceptors (Lipinski definition) is 3. The quantitative estimate of drug-likeness (QED) is 0.699. The van der Waals surface area contributed by atoms with Crippen LogP contribution in [0.25, 0.3) is 0 Å². The Balaban J connectivity index is 1.71. The second kappa shape index (κ2) is 5.50. The van der Waals surface area contributed by atoms with Crippen LogP contribution < -0.4 is 0 Å². The van der Waals surface area contributed by atoms with E-state index in [0.29, 0.717) is 18.1 Å². The van der Waals surface area contributed by atoms with Gasteiger partial charge in [0.05, 0.1) is 24.4 Å². The molecule has 0 aromatic rings. The number of rotatable bonds is 6. The maximum atomic E-state index is 6.21. The van der Waals surface area contributed by atoms with Crippen molar-refractivity contribution in [3.63, 3.8) is 0 Å². The molecule has 1 saturated carbocycles. The van der Waals surface area contributed by atoms with Crippen molar-refractivity contribution in [3.8, 4) is 0 Å². The van der Waals surface area contributed by atoms with Crippen molar-refractivity contribution >= 4 is 0 Å². The Morgan fingerprint density at radius 1 is 1.33 bits per heavy atom. The summed E-state index contributed by atoms with van der Waals surface area (Å²) in [5, 5.41) is 0. The molecule has 3 aliphatic rings. The molecule has 2 heterocycles. The van der Waals surface area contributed by atoms with Gasteiger partial charge in [-0.2, -0.15) is 0 Å². The molecule has 2 saturated heterocycles. The highest BCUT2D eigenvalue weighted by atomic mass is 16.6. The Morgan fingerprint density at radius 3 is 2.57 bits per heavy atom. The van der Waals surface area contributed by atoms with Gasteiger partial charge in [0, 0.05) is 13.0 Å². The molecule has 0 aromatic heterocycles. The van der Waals surface area contributed by atoms with Crippen LogP contribution in [0.4, 0.5) is 0 Å². The molecule has 3 heteroatoms. The van der Waals surface area contributed by atoms with Gasteiger partial charge in [0.2, 0.25) is 0 Å². The highest BCUT2D eigenvalue weighted by Gasteiger charge is 2.71. The topological polar surface area (TPSA) is 34.3 Å². The number of epoxide rings is 2. The molecule has 1 aliphatic carbocycles. The van der Waals surface area contributed by atoms with E-state index in [9.17, 15) is 0 Å². The molecule has 6 atom stereocenters. The van der Waals surface area contributed by atoms with Crippen LogP contribution in [0.15, 0.2) is 0 Å². The van der Waals surface area contributed by atoms with E-state index < -0.39 is 0 Å². The van der Waals surface area contributed by atoms with Gasteiger partial charge >= 0.3 is 0 Å². The summed E-state index contributed by atoms with van der Waals surface area (Å²) in [6.45, 7) is 10.1. The maximum Gasteiger partial charge on any atom is 0.100 e. The SMILES string of the molecule is CC[C@@H]1C[C@H](OC)[C@H]([C@@]2(C)O[C@@H]2CCC(C)C)[C@@]2(CO2)C1. The van der Waals surface area contributed by atoms with Crippen LogP contribution in [-0.4, -0.2) is 37.1 Å².